The van der Waals surface area contributed by atoms with E-state index in [0.29, 0.717) is 32.3 Å². The molecule has 0 aliphatic heterocycles. The summed E-state index contributed by atoms with van der Waals surface area (Å²) in [6.45, 7) is 0. The lowest BCUT2D eigenvalue weighted by atomic mass is 10.2. The number of ether oxygens (including phenoxy) is 1. The normalized spacial score (nSPS) is 11.3. The molecule has 1 N–H and O–H groups in total. The Bertz CT molecular complexity index is 1050. The van der Waals surface area contributed by atoms with E-state index in [1.54, 1.807) is 36.4 Å². The van der Waals surface area contributed by atoms with Crippen LogP contribution in [0.5, 0.6) is 5.75 Å². The Balaban J connectivity index is 2.09. The van der Waals surface area contributed by atoms with Crippen LogP contribution < -0.4 is 16.0 Å². The van der Waals surface area contributed by atoms with Gasteiger partial charge in [0.1, 0.15) is 0 Å². The highest BCUT2D eigenvalue weighted by molar-refractivity contribution is 6.37. The molecule has 0 amide bonds. The van der Waals surface area contributed by atoms with E-state index in [1.807, 2.05) is 0 Å². The molecule has 24 heavy (non-hydrogen) atoms. The molecular weight excluding hydrogens is 353 g/mol. The van der Waals surface area contributed by atoms with Crippen molar-refractivity contribution in [3.8, 4) is 5.75 Å². The number of aromatic nitrogens is 2. The molecule has 6 nitrogen and oxygen atoms in total. The van der Waals surface area contributed by atoms with Crippen LogP contribution in [0.2, 0.25) is 10.0 Å². The summed E-state index contributed by atoms with van der Waals surface area (Å²) in [4.78, 5) is 27.0. The van der Waals surface area contributed by atoms with Crippen molar-refractivity contribution in [2.45, 2.75) is 0 Å². The molecule has 3 rings (SSSR count). The van der Waals surface area contributed by atoms with E-state index < -0.39 is 11.2 Å². The number of aromatic amines is 1. The number of halogens is 2. The lowest BCUT2D eigenvalue weighted by Crippen LogP contribution is -2.32. The number of benzene rings is 2. The van der Waals surface area contributed by atoms with Crippen LogP contribution in [0.3, 0.4) is 0 Å². The van der Waals surface area contributed by atoms with Gasteiger partial charge in [-0.25, -0.2) is 4.79 Å². The minimum absolute atomic E-state index is 0.297. The third-order valence-corrected chi connectivity index (χ3v) is 3.89. The van der Waals surface area contributed by atoms with Crippen molar-refractivity contribution in [3.63, 3.8) is 0 Å². The van der Waals surface area contributed by atoms with E-state index in [-0.39, 0.29) is 0 Å². The number of hydrogen-bond donors (Lipinski definition) is 1. The largest absolute Gasteiger partial charge is 0.494 e. The molecule has 0 spiro atoms. The smallest absolute Gasteiger partial charge is 0.349 e. The van der Waals surface area contributed by atoms with Crippen molar-refractivity contribution in [1.29, 1.82) is 0 Å². The summed E-state index contributed by atoms with van der Waals surface area (Å²) in [5.41, 5.74) is -0.184. The van der Waals surface area contributed by atoms with E-state index in [0.717, 1.165) is 4.68 Å². The maximum Gasteiger partial charge on any atom is 0.349 e. The third kappa shape index (κ3) is 2.93. The number of para-hydroxylation sites is 1. The molecule has 0 atom stereocenters. The van der Waals surface area contributed by atoms with Crippen molar-refractivity contribution in [2.24, 2.45) is 5.10 Å². The molecule has 1 heterocycles. The van der Waals surface area contributed by atoms with E-state index in [2.05, 4.69) is 10.1 Å². The Morgan fingerprint density at radius 1 is 1.17 bits per heavy atom. The quantitative estimate of drug-likeness (QED) is 0.726. The van der Waals surface area contributed by atoms with Crippen LogP contribution in [0.15, 0.2) is 51.1 Å². The summed E-state index contributed by atoms with van der Waals surface area (Å²) >= 11 is 12.1. The Morgan fingerprint density at radius 3 is 2.50 bits per heavy atom. The number of H-pyrrole nitrogens is 1. The average Bonchev–Trinajstić information content (AvgIpc) is 2.54. The highest BCUT2D eigenvalue weighted by Gasteiger charge is 2.09. The fraction of sp³-hybridized carbons (Fsp3) is 0.0625. The zero-order valence-electron chi connectivity index (χ0n) is 12.4. The predicted octanol–water partition coefficient (Wildman–Crippen LogP) is 2.89. The first-order valence-corrected chi connectivity index (χ1v) is 7.58. The number of hydrogen-bond acceptors (Lipinski definition) is 4. The molecule has 0 unspecified atom stereocenters. The van der Waals surface area contributed by atoms with Gasteiger partial charge >= 0.3 is 5.69 Å². The van der Waals surface area contributed by atoms with Gasteiger partial charge in [0.2, 0.25) is 0 Å². The molecule has 0 saturated heterocycles. The SMILES string of the molecule is COc1c(Cl)cc(C=Nn2c(=O)[nH]c3ccccc3c2=O)cc1Cl. The minimum Gasteiger partial charge on any atom is -0.494 e. The molecule has 3 aromatic rings. The molecule has 0 bridgehead atoms. The number of rotatable bonds is 3. The molecule has 0 fully saturated rings. The van der Waals surface area contributed by atoms with Crippen molar-refractivity contribution in [2.75, 3.05) is 7.11 Å². The van der Waals surface area contributed by atoms with Gasteiger partial charge in [-0.3, -0.25) is 4.79 Å². The van der Waals surface area contributed by atoms with Gasteiger partial charge in [0, 0.05) is 0 Å². The summed E-state index contributed by atoms with van der Waals surface area (Å²) in [6.07, 6.45) is 1.32. The summed E-state index contributed by atoms with van der Waals surface area (Å²) in [6, 6.07) is 9.83. The monoisotopic (exact) mass is 363 g/mol. The van der Waals surface area contributed by atoms with E-state index >= 15 is 0 Å². The molecule has 0 aliphatic carbocycles. The van der Waals surface area contributed by atoms with Crippen LogP contribution in [-0.2, 0) is 0 Å². The Labute approximate surface area is 145 Å². The summed E-state index contributed by atoms with van der Waals surface area (Å²) < 4.78 is 5.81. The van der Waals surface area contributed by atoms with Crippen LogP contribution >= 0.6 is 23.2 Å². The van der Waals surface area contributed by atoms with Gasteiger partial charge in [0.25, 0.3) is 5.56 Å². The van der Waals surface area contributed by atoms with Crippen LogP contribution in [-0.4, -0.2) is 23.0 Å². The molecule has 0 aliphatic rings. The van der Waals surface area contributed by atoms with E-state index in [4.69, 9.17) is 27.9 Å². The van der Waals surface area contributed by atoms with Gasteiger partial charge < -0.3 is 9.72 Å². The first kappa shape index (κ1) is 16.3. The summed E-state index contributed by atoms with van der Waals surface area (Å²) in [7, 11) is 1.45. The molecule has 1 aromatic heterocycles. The van der Waals surface area contributed by atoms with Crippen molar-refractivity contribution in [3.05, 3.63) is 72.8 Å². The summed E-state index contributed by atoms with van der Waals surface area (Å²) in [5.74, 6) is 0.344. The third-order valence-electron chi connectivity index (χ3n) is 3.33. The van der Waals surface area contributed by atoms with Gasteiger partial charge in [0.05, 0.1) is 34.3 Å². The van der Waals surface area contributed by atoms with Crippen LogP contribution in [0.4, 0.5) is 0 Å². The zero-order chi connectivity index (χ0) is 17.3. The van der Waals surface area contributed by atoms with Gasteiger partial charge in [0.15, 0.2) is 5.75 Å². The van der Waals surface area contributed by atoms with Gasteiger partial charge in [-0.15, -0.1) is 4.68 Å². The molecule has 0 saturated carbocycles. The van der Waals surface area contributed by atoms with Crippen LogP contribution in [0.1, 0.15) is 5.56 Å². The number of nitrogens with one attached hydrogen (secondary N) is 1. The molecule has 0 radical (unpaired) electrons. The lowest BCUT2D eigenvalue weighted by Gasteiger charge is -2.06. The van der Waals surface area contributed by atoms with Crippen LogP contribution in [0, 0.1) is 0 Å². The number of methoxy groups -OCH3 is 1. The molecule has 122 valence electrons. The fourth-order valence-corrected chi connectivity index (χ4v) is 2.89. The van der Waals surface area contributed by atoms with Crippen molar-refractivity contribution >= 4 is 40.3 Å². The predicted molar refractivity (Wildman–Crippen MR) is 94.8 cm³/mol. The molecular formula is C16H11Cl2N3O3. The minimum atomic E-state index is -0.638. The average molecular weight is 364 g/mol. The first-order valence-electron chi connectivity index (χ1n) is 6.82. The number of nitrogens with zero attached hydrogens (tertiary/aromatic N) is 2. The molecule has 8 heteroatoms. The zero-order valence-corrected chi connectivity index (χ0v) is 13.9. The fourth-order valence-electron chi connectivity index (χ4n) is 2.23. The molecule has 2 aromatic carbocycles. The van der Waals surface area contributed by atoms with Gasteiger partial charge in [-0.05, 0) is 29.8 Å². The topological polar surface area (TPSA) is 76.5 Å². The van der Waals surface area contributed by atoms with E-state index in [9.17, 15) is 9.59 Å². The summed E-state index contributed by atoms with van der Waals surface area (Å²) in [5, 5.41) is 4.90. The van der Waals surface area contributed by atoms with Crippen molar-refractivity contribution < 1.29 is 4.74 Å². The van der Waals surface area contributed by atoms with Gasteiger partial charge in [-0.1, -0.05) is 35.3 Å². The second-order valence-corrected chi connectivity index (χ2v) is 5.67. The van der Waals surface area contributed by atoms with Crippen molar-refractivity contribution in [1.82, 2.24) is 9.66 Å². The number of fused-ring (bicyclic) bond motifs is 1. The first-order chi connectivity index (χ1) is 11.5. The second kappa shape index (κ2) is 6.51. The highest BCUT2D eigenvalue weighted by Crippen LogP contribution is 2.33. The Kier molecular flexibility index (Phi) is 4.42. The standard InChI is InChI=1S/C16H11Cl2N3O3/c1-24-14-11(17)6-9(7-12(14)18)8-19-21-15(22)10-4-2-3-5-13(10)20-16(21)23/h2-8H,1H3,(H,20,23). The maximum atomic E-state index is 12.4. The second-order valence-electron chi connectivity index (χ2n) is 4.86. The Morgan fingerprint density at radius 2 is 1.83 bits per heavy atom. The van der Waals surface area contributed by atoms with Gasteiger partial charge in [-0.2, -0.15) is 5.10 Å². The highest BCUT2D eigenvalue weighted by atomic mass is 35.5. The maximum absolute atomic E-state index is 12.4. The lowest BCUT2D eigenvalue weighted by molar-refractivity contribution is 0.415. The Hall–Kier alpha value is -2.57. The van der Waals surface area contributed by atoms with Crippen LogP contribution in [0.25, 0.3) is 10.9 Å². The van der Waals surface area contributed by atoms with E-state index in [1.165, 1.54) is 13.3 Å².